The van der Waals surface area contributed by atoms with Crippen molar-refractivity contribution in [2.45, 2.75) is 37.9 Å². The quantitative estimate of drug-likeness (QED) is 0.767. The van der Waals surface area contributed by atoms with Gasteiger partial charge in [-0.15, -0.1) is 0 Å². The number of rotatable bonds is 5. The van der Waals surface area contributed by atoms with Gasteiger partial charge in [-0.1, -0.05) is 13.8 Å². The summed E-state index contributed by atoms with van der Waals surface area (Å²) in [5.41, 5.74) is 0.615. The number of carbonyl (C=O) groups excluding carboxylic acids is 1. The molecule has 0 unspecified atom stereocenters. The van der Waals surface area contributed by atoms with Gasteiger partial charge in [0.2, 0.25) is 0 Å². The van der Waals surface area contributed by atoms with Crippen LogP contribution in [0.25, 0.3) is 0 Å². The van der Waals surface area contributed by atoms with Gasteiger partial charge in [0.05, 0.1) is 0 Å². The van der Waals surface area contributed by atoms with Crippen molar-refractivity contribution < 1.29 is 9.18 Å². The lowest BCUT2D eigenvalue weighted by Crippen LogP contribution is -2.28. The Morgan fingerprint density at radius 3 is 2.71 bits per heavy atom. The average molecular weight is 309 g/mol. The number of halogens is 1. The standard InChI is InChI=1S/C17H24FNOS/c1-17(2)9-11-19(12-13-21-17)10-3-4-16(20)14-5-7-15(18)8-6-14/h5-8H,3-4,9-13H2,1-2H3. The van der Waals surface area contributed by atoms with E-state index in [-0.39, 0.29) is 11.6 Å². The summed E-state index contributed by atoms with van der Waals surface area (Å²) in [5, 5.41) is 0. The number of thioether (sulfide) groups is 1. The first-order valence-electron chi connectivity index (χ1n) is 7.61. The SMILES string of the molecule is CC1(C)CCN(CCCC(=O)c2ccc(F)cc2)CCS1. The van der Waals surface area contributed by atoms with Gasteiger partial charge in [-0.25, -0.2) is 4.39 Å². The van der Waals surface area contributed by atoms with Gasteiger partial charge in [0.15, 0.2) is 5.78 Å². The maximum atomic E-state index is 12.8. The second kappa shape index (κ2) is 7.41. The van der Waals surface area contributed by atoms with Crippen LogP contribution in [-0.2, 0) is 0 Å². The first-order chi connectivity index (χ1) is 9.96. The van der Waals surface area contributed by atoms with E-state index in [9.17, 15) is 9.18 Å². The van der Waals surface area contributed by atoms with E-state index in [1.807, 2.05) is 11.8 Å². The monoisotopic (exact) mass is 309 g/mol. The van der Waals surface area contributed by atoms with Gasteiger partial charge in [-0.2, -0.15) is 11.8 Å². The molecule has 1 saturated heterocycles. The van der Waals surface area contributed by atoms with E-state index in [0.29, 0.717) is 16.7 Å². The zero-order chi connectivity index (χ0) is 15.3. The molecule has 21 heavy (non-hydrogen) atoms. The lowest BCUT2D eigenvalue weighted by atomic mass is 10.1. The van der Waals surface area contributed by atoms with Crippen LogP contribution in [0.15, 0.2) is 24.3 Å². The second-order valence-corrected chi connectivity index (χ2v) is 8.04. The number of hydrogen-bond acceptors (Lipinski definition) is 3. The van der Waals surface area contributed by atoms with Crippen molar-refractivity contribution in [3.63, 3.8) is 0 Å². The Morgan fingerprint density at radius 2 is 2.00 bits per heavy atom. The second-order valence-electron chi connectivity index (χ2n) is 6.23. The van der Waals surface area contributed by atoms with Crippen LogP contribution in [0.5, 0.6) is 0 Å². The highest BCUT2D eigenvalue weighted by Crippen LogP contribution is 2.30. The molecule has 116 valence electrons. The molecule has 0 bridgehead atoms. The number of ketones is 1. The zero-order valence-corrected chi connectivity index (χ0v) is 13.7. The van der Waals surface area contributed by atoms with Crippen molar-refractivity contribution in [1.29, 1.82) is 0 Å². The normalized spacial score (nSPS) is 19.2. The molecule has 0 amide bonds. The number of nitrogens with zero attached hydrogens (tertiary/aromatic N) is 1. The molecule has 0 spiro atoms. The van der Waals surface area contributed by atoms with Crippen molar-refractivity contribution in [3.8, 4) is 0 Å². The van der Waals surface area contributed by atoms with Gasteiger partial charge in [-0.05, 0) is 50.2 Å². The number of Topliss-reactive ketones (excluding diaryl/α,β-unsaturated/α-hetero) is 1. The third-order valence-electron chi connectivity index (χ3n) is 3.97. The van der Waals surface area contributed by atoms with E-state index in [1.54, 1.807) is 12.1 Å². The van der Waals surface area contributed by atoms with Crippen LogP contribution in [0.4, 0.5) is 4.39 Å². The van der Waals surface area contributed by atoms with E-state index >= 15 is 0 Å². The van der Waals surface area contributed by atoms with Crippen molar-refractivity contribution in [1.82, 2.24) is 4.90 Å². The molecule has 4 heteroatoms. The highest BCUT2D eigenvalue weighted by atomic mass is 32.2. The lowest BCUT2D eigenvalue weighted by molar-refractivity contribution is 0.0975. The first kappa shape index (κ1) is 16.5. The highest BCUT2D eigenvalue weighted by Gasteiger charge is 2.23. The van der Waals surface area contributed by atoms with E-state index in [1.165, 1.54) is 24.3 Å². The van der Waals surface area contributed by atoms with Crippen molar-refractivity contribution >= 4 is 17.5 Å². The van der Waals surface area contributed by atoms with E-state index in [4.69, 9.17) is 0 Å². The minimum atomic E-state index is -0.295. The van der Waals surface area contributed by atoms with Gasteiger partial charge in [0, 0.05) is 29.0 Å². The highest BCUT2D eigenvalue weighted by molar-refractivity contribution is 8.00. The van der Waals surface area contributed by atoms with Crippen LogP contribution in [0.1, 0.15) is 43.5 Å². The molecule has 2 rings (SSSR count). The van der Waals surface area contributed by atoms with E-state index in [0.717, 1.165) is 26.1 Å². The Kier molecular flexibility index (Phi) is 5.82. The molecule has 1 aliphatic rings. The molecule has 0 radical (unpaired) electrons. The van der Waals surface area contributed by atoms with Crippen molar-refractivity contribution in [2.75, 3.05) is 25.4 Å². The predicted molar refractivity (Wildman–Crippen MR) is 87.6 cm³/mol. The molecule has 0 aliphatic carbocycles. The van der Waals surface area contributed by atoms with E-state index in [2.05, 4.69) is 18.7 Å². The van der Waals surface area contributed by atoms with Gasteiger partial charge in [0.1, 0.15) is 5.82 Å². The summed E-state index contributed by atoms with van der Waals surface area (Å²) in [6.45, 7) is 7.81. The summed E-state index contributed by atoms with van der Waals surface area (Å²) in [6.07, 6.45) is 2.61. The molecule has 1 heterocycles. The van der Waals surface area contributed by atoms with Crippen LogP contribution in [0.2, 0.25) is 0 Å². The summed E-state index contributed by atoms with van der Waals surface area (Å²) in [4.78, 5) is 14.5. The van der Waals surface area contributed by atoms with Crippen LogP contribution < -0.4 is 0 Å². The topological polar surface area (TPSA) is 20.3 Å². The molecular weight excluding hydrogens is 285 g/mol. The predicted octanol–water partition coefficient (Wildman–Crippen LogP) is 4.01. The Bertz CT molecular complexity index is 472. The van der Waals surface area contributed by atoms with Gasteiger partial charge < -0.3 is 4.90 Å². The Balaban J connectivity index is 1.74. The van der Waals surface area contributed by atoms with Gasteiger partial charge in [0.25, 0.3) is 0 Å². The zero-order valence-electron chi connectivity index (χ0n) is 12.9. The fourth-order valence-electron chi connectivity index (χ4n) is 2.53. The molecule has 0 aromatic heterocycles. The van der Waals surface area contributed by atoms with Crippen LogP contribution in [0.3, 0.4) is 0 Å². The van der Waals surface area contributed by atoms with E-state index < -0.39 is 0 Å². The maximum absolute atomic E-state index is 12.8. The number of carbonyl (C=O) groups is 1. The average Bonchev–Trinajstić information content (AvgIpc) is 2.61. The Hall–Kier alpha value is -0.870. The molecule has 1 aromatic rings. The fraction of sp³-hybridized carbons (Fsp3) is 0.588. The van der Waals surface area contributed by atoms with Crippen LogP contribution in [0, 0.1) is 5.82 Å². The maximum Gasteiger partial charge on any atom is 0.162 e. The fourth-order valence-corrected chi connectivity index (χ4v) is 3.67. The Labute approximate surface area is 131 Å². The minimum absolute atomic E-state index is 0.111. The number of benzene rings is 1. The summed E-state index contributed by atoms with van der Waals surface area (Å²) < 4.78 is 13.2. The van der Waals surface area contributed by atoms with Crippen molar-refractivity contribution in [3.05, 3.63) is 35.6 Å². The molecule has 1 fully saturated rings. The smallest absolute Gasteiger partial charge is 0.162 e. The summed E-state index contributed by atoms with van der Waals surface area (Å²) in [7, 11) is 0. The first-order valence-corrected chi connectivity index (χ1v) is 8.60. The molecule has 1 aliphatic heterocycles. The molecule has 0 atom stereocenters. The van der Waals surface area contributed by atoms with Crippen LogP contribution >= 0.6 is 11.8 Å². The third-order valence-corrected chi connectivity index (χ3v) is 5.35. The molecule has 1 aromatic carbocycles. The van der Waals surface area contributed by atoms with Crippen LogP contribution in [-0.4, -0.2) is 40.8 Å². The minimum Gasteiger partial charge on any atom is -0.302 e. The molecule has 0 N–H and O–H groups in total. The summed E-state index contributed by atoms with van der Waals surface area (Å²) in [5.74, 6) is 0.981. The third kappa shape index (κ3) is 5.44. The van der Waals surface area contributed by atoms with Gasteiger partial charge >= 0.3 is 0 Å². The molecular formula is C17H24FNOS. The van der Waals surface area contributed by atoms with Gasteiger partial charge in [-0.3, -0.25) is 4.79 Å². The number of hydrogen-bond donors (Lipinski definition) is 0. The summed E-state index contributed by atoms with van der Waals surface area (Å²) >= 11 is 2.04. The molecule has 2 nitrogen and oxygen atoms in total. The van der Waals surface area contributed by atoms with Crippen molar-refractivity contribution in [2.24, 2.45) is 0 Å². The molecule has 0 saturated carbocycles. The lowest BCUT2D eigenvalue weighted by Gasteiger charge is -2.22. The Morgan fingerprint density at radius 1 is 1.29 bits per heavy atom. The largest absolute Gasteiger partial charge is 0.302 e. The summed E-state index contributed by atoms with van der Waals surface area (Å²) in [6, 6.07) is 5.84.